The zero-order valence-corrected chi connectivity index (χ0v) is 5.20. The van der Waals surface area contributed by atoms with Crippen LogP contribution in [0.25, 0.3) is 0 Å². The fraction of sp³-hybridized carbons (Fsp3) is 0.400. The maximum atomic E-state index is 9.83. The smallest absolute Gasteiger partial charge is 0.145 e. The lowest BCUT2D eigenvalue weighted by Crippen LogP contribution is -2.03. The molecule has 0 unspecified atom stereocenters. The molecular formula is C5H7NOS. The number of carbonyl (C=O) groups excluding carboxylic acids is 1. The molecule has 1 saturated heterocycles. The molecule has 1 fully saturated rings. The molecule has 0 bridgehead atoms. The molecule has 8 heavy (non-hydrogen) atoms. The van der Waals surface area contributed by atoms with Gasteiger partial charge >= 0.3 is 0 Å². The summed E-state index contributed by atoms with van der Waals surface area (Å²) in [6, 6.07) is 0. The molecule has 0 amide bonds. The van der Waals surface area contributed by atoms with Crippen molar-refractivity contribution < 1.29 is 4.79 Å². The molecule has 0 aromatic heterocycles. The van der Waals surface area contributed by atoms with Crippen LogP contribution in [0.15, 0.2) is 11.1 Å². The minimum absolute atomic E-state index is 0.806. The molecule has 1 aliphatic heterocycles. The average molecular weight is 129 g/mol. The van der Waals surface area contributed by atoms with Crippen LogP contribution in [0.1, 0.15) is 0 Å². The van der Waals surface area contributed by atoms with Gasteiger partial charge in [0.05, 0.1) is 5.03 Å². The Morgan fingerprint density at radius 2 is 2.62 bits per heavy atom. The lowest BCUT2D eigenvalue weighted by atomic mass is 10.6. The van der Waals surface area contributed by atoms with Crippen molar-refractivity contribution in [1.29, 1.82) is 0 Å². The van der Waals surface area contributed by atoms with Crippen molar-refractivity contribution in [3.8, 4) is 0 Å². The highest BCUT2D eigenvalue weighted by Crippen LogP contribution is 2.15. The van der Waals surface area contributed by atoms with Gasteiger partial charge in [-0.3, -0.25) is 4.79 Å². The van der Waals surface area contributed by atoms with Gasteiger partial charge < -0.3 is 5.32 Å². The average Bonchev–Trinajstić information content (AvgIpc) is 2.19. The summed E-state index contributed by atoms with van der Waals surface area (Å²) in [6.07, 6.45) is 2.36. The molecule has 0 spiro atoms. The Morgan fingerprint density at radius 1 is 1.75 bits per heavy atom. The fourth-order valence-electron chi connectivity index (χ4n) is 0.555. The zero-order valence-electron chi connectivity index (χ0n) is 4.39. The molecule has 1 N–H and O–H groups in total. The molecule has 0 aliphatic carbocycles. The van der Waals surface area contributed by atoms with Crippen LogP contribution >= 0.6 is 11.8 Å². The number of thioether (sulfide) groups is 1. The normalized spacial score (nSPS) is 23.2. The maximum absolute atomic E-state index is 9.83. The number of aldehydes is 1. The van der Waals surface area contributed by atoms with Gasteiger partial charge in [0.2, 0.25) is 0 Å². The largest absolute Gasteiger partial charge is 0.379 e. The van der Waals surface area contributed by atoms with Crippen LogP contribution in [0.4, 0.5) is 0 Å². The van der Waals surface area contributed by atoms with Crippen molar-refractivity contribution in [2.45, 2.75) is 0 Å². The predicted molar refractivity (Wildman–Crippen MR) is 34.6 cm³/mol. The standard InChI is InChI=1S/C5H7NOS/c7-3-1-5-6-2-4-8-5/h1,3,6H,2,4H2/b5-1-. The van der Waals surface area contributed by atoms with Gasteiger partial charge in [0.1, 0.15) is 6.29 Å². The first-order chi connectivity index (χ1) is 3.93. The second-order valence-corrected chi connectivity index (χ2v) is 2.58. The van der Waals surface area contributed by atoms with Gasteiger partial charge in [-0.2, -0.15) is 0 Å². The lowest BCUT2D eigenvalue weighted by molar-refractivity contribution is -0.104. The van der Waals surface area contributed by atoms with E-state index in [0.717, 1.165) is 23.6 Å². The molecule has 44 valence electrons. The van der Waals surface area contributed by atoms with Crippen molar-refractivity contribution in [3.05, 3.63) is 11.1 Å². The van der Waals surface area contributed by atoms with Gasteiger partial charge in [-0.15, -0.1) is 11.8 Å². The quantitative estimate of drug-likeness (QED) is 0.409. The van der Waals surface area contributed by atoms with E-state index in [2.05, 4.69) is 5.32 Å². The van der Waals surface area contributed by atoms with Crippen LogP contribution in [0, 0.1) is 0 Å². The van der Waals surface area contributed by atoms with E-state index in [0.29, 0.717) is 0 Å². The summed E-state index contributed by atoms with van der Waals surface area (Å²) in [6.45, 7) is 0.990. The Kier molecular flexibility index (Phi) is 1.97. The summed E-state index contributed by atoms with van der Waals surface area (Å²) in [7, 11) is 0. The van der Waals surface area contributed by atoms with Crippen LogP contribution in [0.3, 0.4) is 0 Å². The predicted octanol–water partition coefficient (Wildman–Crippen LogP) is 0.363. The van der Waals surface area contributed by atoms with Crippen molar-refractivity contribution in [3.63, 3.8) is 0 Å². The van der Waals surface area contributed by atoms with Gasteiger partial charge in [0.25, 0.3) is 0 Å². The molecule has 3 heteroatoms. The van der Waals surface area contributed by atoms with E-state index in [1.807, 2.05) is 0 Å². The highest BCUT2D eigenvalue weighted by atomic mass is 32.2. The monoisotopic (exact) mass is 129 g/mol. The number of allylic oxidation sites excluding steroid dienone is 1. The Hall–Kier alpha value is -0.440. The second-order valence-electron chi connectivity index (χ2n) is 1.44. The zero-order chi connectivity index (χ0) is 5.82. The van der Waals surface area contributed by atoms with E-state index >= 15 is 0 Å². The van der Waals surface area contributed by atoms with Crippen molar-refractivity contribution in [2.75, 3.05) is 12.3 Å². The van der Waals surface area contributed by atoms with E-state index in [1.54, 1.807) is 17.8 Å². The Balaban J connectivity index is 2.44. The summed E-state index contributed by atoms with van der Waals surface area (Å²) < 4.78 is 0. The van der Waals surface area contributed by atoms with E-state index in [1.165, 1.54) is 0 Å². The van der Waals surface area contributed by atoms with E-state index in [4.69, 9.17) is 0 Å². The van der Waals surface area contributed by atoms with E-state index in [-0.39, 0.29) is 0 Å². The van der Waals surface area contributed by atoms with Crippen molar-refractivity contribution in [1.82, 2.24) is 5.32 Å². The first-order valence-corrected chi connectivity index (χ1v) is 3.44. The van der Waals surface area contributed by atoms with Gasteiger partial charge in [0.15, 0.2) is 0 Å². The van der Waals surface area contributed by atoms with Crippen molar-refractivity contribution >= 4 is 18.0 Å². The molecule has 0 atom stereocenters. The van der Waals surface area contributed by atoms with Crippen LogP contribution < -0.4 is 5.32 Å². The van der Waals surface area contributed by atoms with Gasteiger partial charge in [-0.1, -0.05) is 0 Å². The molecule has 0 radical (unpaired) electrons. The number of carbonyl (C=O) groups is 1. The topological polar surface area (TPSA) is 29.1 Å². The highest BCUT2D eigenvalue weighted by Gasteiger charge is 2.02. The van der Waals surface area contributed by atoms with Crippen LogP contribution in [-0.2, 0) is 4.79 Å². The number of rotatable bonds is 1. The first kappa shape index (κ1) is 5.69. The van der Waals surface area contributed by atoms with Gasteiger partial charge in [-0.25, -0.2) is 0 Å². The van der Waals surface area contributed by atoms with Crippen molar-refractivity contribution in [2.24, 2.45) is 0 Å². The third kappa shape index (κ3) is 1.26. The van der Waals surface area contributed by atoms with Gasteiger partial charge in [0, 0.05) is 18.4 Å². The molecule has 0 aromatic rings. The molecule has 1 aliphatic rings. The number of hydrogen-bond acceptors (Lipinski definition) is 3. The molecule has 1 rings (SSSR count). The van der Waals surface area contributed by atoms with Crippen LogP contribution in [0.5, 0.6) is 0 Å². The number of hydrogen-bond donors (Lipinski definition) is 1. The fourth-order valence-corrected chi connectivity index (χ4v) is 1.34. The molecule has 0 aromatic carbocycles. The first-order valence-electron chi connectivity index (χ1n) is 2.45. The Labute approximate surface area is 52.3 Å². The Bertz CT molecular complexity index is 114. The van der Waals surface area contributed by atoms with Crippen LogP contribution in [0.2, 0.25) is 0 Å². The SMILES string of the molecule is O=C/C=C1/NCCS1. The lowest BCUT2D eigenvalue weighted by Gasteiger charge is -1.89. The summed E-state index contributed by atoms with van der Waals surface area (Å²) >= 11 is 1.69. The third-order valence-electron chi connectivity index (χ3n) is 0.878. The number of nitrogens with one attached hydrogen (secondary N) is 1. The molecule has 1 heterocycles. The summed E-state index contributed by atoms with van der Waals surface area (Å²) in [5.74, 6) is 1.08. The van der Waals surface area contributed by atoms with Crippen LogP contribution in [-0.4, -0.2) is 18.6 Å². The third-order valence-corrected chi connectivity index (χ3v) is 1.88. The summed E-state index contributed by atoms with van der Waals surface area (Å²) in [5.41, 5.74) is 0. The maximum Gasteiger partial charge on any atom is 0.145 e. The van der Waals surface area contributed by atoms with Gasteiger partial charge in [-0.05, 0) is 0 Å². The van der Waals surface area contributed by atoms with E-state index in [9.17, 15) is 4.79 Å². The molecule has 0 saturated carbocycles. The highest BCUT2D eigenvalue weighted by molar-refractivity contribution is 8.03. The van der Waals surface area contributed by atoms with E-state index < -0.39 is 0 Å². The molecule has 2 nitrogen and oxygen atoms in total. The minimum Gasteiger partial charge on any atom is -0.379 e. The second kappa shape index (κ2) is 2.77. The Morgan fingerprint density at radius 3 is 3.12 bits per heavy atom. The summed E-state index contributed by atoms with van der Waals surface area (Å²) in [4.78, 5) is 9.83. The molecular weight excluding hydrogens is 122 g/mol. The minimum atomic E-state index is 0.806. The summed E-state index contributed by atoms with van der Waals surface area (Å²) in [5, 5.41) is 4.05.